The number of rotatable bonds is 5. The van der Waals surface area contributed by atoms with Crippen LogP contribution in [-0.4, -0.2) is 19.7 Å². The largest absolute Gasteiger partial charge is 0.469 e. The van der Waals surface area contributed by atoms with E-state index in [0.717, 1.165) is 13.2 Å². The zero-order chi connectivity index (χ0) is 13.7. The van der Waals surface area contributed by atoms with Gasteiger partial charge in [0.2, 0.25) is 0 Å². The SMILES string of the molecule is COC(=O)Cc1c(F)cc(OC(F)F)cc1CCl. The Morgan fingerprint density at radius 3 is 2.61 bits per heavy atom. The Bertz CT molecular complexity index is 438. The molecule has 100 valence electrons. The zero-order valence-electron chi connectivity index (χ0n) is 9.38. The molecule has 0 heterocycles. The fourth-order valence-electron chi connectivity index (χ4n) is 1.37. The van der Waals surface area contributed by atoms with Crippen LogP contribution in [0.5, 0.6) is 5.75 Å². The predicted octanol–water partition coefficient (Wildman–Crippen LogP) is 2.88. The summed E-state index contributed by atoms with van der Waals surface area (Å²) in [5, 5.41) is 0. The minimum atomic E-state index is -3.06. The van der Waals surface area contributed by atoms with E-state index in [-0.39, 0.29) is 29.2 Å². The van der Waals surface area contributed by atoms with Crippen molar-refractivity contribution in [1.82, 2.24) is 0 Å². The van der Waals surface area contributed by atoms with Crippen LogP contribution in [0.4, 0.5) is 13.2 Å². The van der Waals surface area contributed by atoms with Crippen LogP contribution in [0, 0.1) is 5.82 Å². The van der Waals surface area contributed by atoms with Gasteiger partial charge in [0.25, 0.3) is 0 Å². The first-order valence-corrected chi connectivity index (χ1v) is 5.40. The standard InChI is InChI=1S/C11H10ClF3O3/c1-17-10(16)4-8-6(5-12)2-7(3-9(8)13)18-11(14)15/h2-3,11H,4-5H2,1H3. The summed E-state index contributed by atoms with van der Waals surface area (Å²) in [6.45, 7) is -3.06. The van der Waals surface area contributed by atoms with E-state index in [9.17, 15) is 18.0 Å². The minimum Gasteiger partial charge on any atom is -0.469 e. The quantitative estimate of drug-likeness (QED) is 0.615. The van der Waals surface area contributed by atoms with Crippen molar-refractivity contribution in [3.05, 3.63) is 29.1 Å². The summed E-state index contributed by atoms with van der Waals surface area (Å²) in [6, 6.07) is 1.95. The van der Waals surface area contributed by atoms with Crippen molar-refractivity contribution < 1.29 is 27.4 Å². The molecule has 0 bridgehead atoms. The van der Waals surface area contributed by atoms with Gasteiger partial charge in [0.05, 0.1) is 13.5 Å². The first-order valence-electron chi connectivity index (χ1n) is 4.86. The summed E-state index contributed by atoms with van der Waals surface area (Å²) in [7, 11) is 1.16. The molecule has 0 aliphatic carbocycles. The van der Waals surface area contributed by atoms with Gasteiger partial charge >= 0.3 is 12.6 Å². The van der Waals surface area contributed by atoms with Crippen molar-refractivity contribution in [3.63, 3.8) is 0 Å². The molecule has 0 aliphatic rings. The summed E-state index contributed by atoms with van der Waals surface area (Å²) in [5.41, 5.74) is 0.219. The molecule has 0 aliphatic heterocycles. The summed E-state index contributed by atoms with van der Waals surface area (Å²) in [4.78, 5) is 11.1. The molecule has 1 rings (SSSR count). The van der Waals surface area contributed by atoms with Crippen LogP contribution >= 0.6 is 11.6 Å². The molecule has 1 aromatic rings. The Balaban J connectivity index is 3.07. The van der Waals surface area contributed by atoms with Crippen LogP contribution in [-0.2, 0) is 21.8 Å². The van der Waals surface area contributed by atoms with Crippen molar-refractivity contribution in [2.24, 2.45) is 0 Å². The van der Waals surface area contributed by atoms with Crippen LogP contribution in [0.1, 0.15) is 11.1 Å². The molecule has 0 fully saturated rings. The Morgan fingerprint density at radius 2 is 2.11 bits per heavy atom. The molecule has 0 amide bonds. The molecule has 0 spiro atoms. The summed E-state index contributed by atoms with van der Waals surface area (Å²) in [5.74, 6) is -1.97. The molecule has 0 saturated heterocycles. The molecular weight excluding hydrogens is 273 g/mol. The highest BCUT2D eigenvalue weighted by atomic mass is 35.5. The molecule has 0 N–H and O–H groups in total. The first-order chi connectivity index (χ1) is 8.47. The summed E-state index contributed by atoms with van der Waals surface area (Å²) >= 11 is 5.58. The van der Waals surface area contributed by atoms with Crippen molar-refractivity contribution in [2.45, 2.75) is 18.9 Å². The molecule has 3 nitrogen and oxygen atoms in total. The summed E-state index contributed by atoms with van der Waals surface area (Å²) < 4.78 is 46.1. The van der Waals surface area contributed by atoms with Gasteiger partial charge in [-0.05, 0) is 11.6 Å². The van der Waals surface area contributed by atoms with Gasteiger partial charge in [-0.2, -0.15) is 8.78 Å². The third-order valence-electron chi connectivity index (χ3n) is 2.18. The van der Waals surface area contributed by atoms with Gasteiger partial charge in [0.1, 0.15) is 11.6 Å². The van der Waals surface area contributed by atoms with Crippen LogP contribution in [0.15, 0.2) is 12.1 Å². The highest BCUT2D eigenvalue weighted by Gasteiger charge is 2.16. The monoisotopic (exact) mass is 282 g/mol. The third-order valence-corrected chi connectivity index (χ3v) is 2.47. The van der Waals surface area contributed by atoms with Gasteiger partial charge in [0.15, 0.2) is 0 Å². The second kappa shape index (κ2) is 6.49. The van der Waals surface area contributed by atoms with E-state index >= 15 is 0 Å². The number of methoxy groups -OCH3 is 1. The lowest BCUT2D eigenvalue weighted by Gasteiger charge is -2.11. The lowest BCUT2D eigenvalue weighted by molar-refractivity contribution is -0.139. The minimum absolute atomic E-state index is 0.0125. The smallest absolute Gasteiger partial charge is 0.387 e. The Morgan fingerprint density at radius 1 is 1.44 bits per heavy atom. The number of carbonyl (C=O) groups is 1. The molecule has 0 aromatic heterocycles. The zero-order valence-corrected chi connectivity index (χ0v) is 10.1. The van der Waals surface area contributed by atoms with Gasteiger partial charge in [-0.3, -0.25) is 4.79 Å². The van der Waals surface area contributed by atoms with Crippen LogP contribution in [0.3, 0.4) is 0 Å². The highest BCUT2D eigenvalue weighted by molar-refractivity contribution is 6.17. The van der Waals surface area contributed by atoms with Crippen LogP contribution in [0.2, 0.25) is 0 Å². The molecule has 1 aromatic carbocycles. The average Bonchev–Trinajstić information content (AvgIpc) is 2.31. The average molecular weight is 283 g/mol. The molecular formula is C11H10ClF3O3. The Hall–Kier alpha value is -1.43. The molecule has 18 heavy (non-hydrogen) atoms. The summed E-state index contributed by atoms with van der Waals surface area (Å²) in [6.07, 6.45) is -0.320. The van der Waals surface area contributed by atoms with E-state index in [1.807, 2.05) is 0 Å². The van der Waals surface area contributed by atoms with Crippen molar-refractivity contribution in [1.29, 1.82) is 0 Å². The van der Waals surface area contributed by atoms with E-state index < -0.39 is 18.4 Å². The fourth-order valence-corrected chi connectivity index (χ4v) is 1.61. The number of hydrogen-bond acceptors (Lipinski definition) is 3. The van der Waals surface area contributed by atoms with E-state index in [4.69, 9.17) is 11.6 Å². The van der Waals surface area contributed by atoms with Crippen molar-refractivity contribution in [2.75, 3.05) is 7.11 Å². The van der Waals surface area contributed by atoms with Gasteiger partial charge in [-0.15, -0.1) is 11.6 Å². The number of carbonyl (C=O) groups excluding carboxylic acids is 1. The maximum atomic E-state index is 13.7. The van der Waals surface area contributed by atoms with E-state index in [1.54, 1.807) is 0 Å². The maximum absolute atomic E-state index is 13.7. The topological polar surface area (TPSA) is 35.5 Å². The highest BCUT2D eigenvalue weighted by Crippen LogP contribution is 2.25. The third kappa shape index (κ3) is 3.80. The number of hydrogen-bond donors (Lipinski definition) is 0. The molecule has 0 saturated carbocycles. The van der Waals surface area contributed by atoms with Crippen molar-refractivity contribution in [3.8, 4) is 5.75 Å². The first kappa shape index (κ1) is 14.6. The lowest BCUT2D eigenvalue weighted by Crippen LogP contribution is -2.10. The Labute approximate surface area is 106 Å². The van der Waals surface area contributed by atoms with Gasteiger partial charge < -0.3 is 9.47 Å². The molecule has 7 heteroatoms. The molecule has 0 unspecified atom stereocenters. The van der Waals surface area contributed by atoms with Crippen molar-refractivity contribution >= 4 is 17.6 Å². The molecule has 0 atom stereocenters. The predicted molar refractivity (Wildman–Crippen MR) is 58.3 cm³/mol. The fraction of sp³-hybridized carbons (Fsp3) is 0.364. The number of benzene rings is 1. The Kier molecular flexibility index (Phi) is 5.27. The van der Waals surface area contributed by atoms with Gasteiger partial charge in [0, 0.05) is 17.5 Å². The number of halogens is 4. The number of esters is 1. The normalized spacial score (nSPS) is 10.6. The number of ether oxygens (including phenoxy) is 2. The van der Waals surface area contributed by atoms with Gasteiger partial charge in [-0.1, -0.05) is 0 Å². The van der Waals surface area contributed by atoms with E-state index in [0.29, 0.717) is 0 Å². The molecule has 0 radical (unpaired) electrons. The maximum Gasteiger partial charge on any atom is 0.387 e. The van der Waals surface area contributed by atoms with Crippen LogP contribution < -0.4 is 4.74 Å². The number of alkyl halides is 3. The second-order valence-corrected chi connectivity index (χ2v) is 3.58. The van der Waals surface area contributed by atoms with E-state index in [1.165, 1.54) is 6.07 Å². The van der Waals surface area contributed by atoms with E-state index in [2.05, 4.69) is 9.47 Å². The van der Waals surface area contributed by atoms with Crippen LogP contribution in [0.25, 0.3) is 0 Å². The lowest BCUT2D eigenvalue weighted by atomic mass is 10.0. The van der Waals surface area contributed by atoms with Gasteiger partial charge in [-0.25, -0.2) is 4.39 Å². The second-order valence-electron chi connectivity index (χ2n) is 3.31.